The zero-order chi connectivity index (χ0) is 14.2. The standard InChI is InChI=1S/C15H30O3/c1-7-8-9-18-14(16)15(11-17-6,13(4)5)10-12(2)3/h12-13H,7-11H2,1-6H3. The Balaban J connectivity index is 4.84. The summed E-state index contributed by atoms with van der Waals surface area (Å²) in [6.07, 6.45) is 2.77. The Labute approximate surface area is 112 Å². The Bertz CT molecular complexity index is 236. The number of unbranched alkanes of at least 4 members (excludes halogenated alkanes) is 1. The Morgan fingerprint density at radius 3 is 2.22 bits per heavy atom. The number of hydrogen-bond donors (Lipinski definition) is 0. The van der Waals surface area contributed by atoms with Crippen molar-refractivity contribution in [3.63, 3.8) is 0 Å². The quantitative estimate of drug-likeness (QED) is 0.467. The molecule has 0 saturated heterocycles. The third-order valence-corrected chi connectivity index (χ3v) is 3.42. The van der Waals surface area contributed by atoms with Gasteiger partial charge in [-0.15, -0.1) is 0 Å². The maximum Gasteiger partial charge on any atom is 0.314 e. The summed E-state index contributed by atoms with van der Waals surface area (Å²) < 4.78 is 10.7. The summed E-state index contributed by atoms with van der Waals surface area (Å²) in [6.45, 7) is 11.5. The van der Waals surface area contributed by atoms with E-state index in [0.717, 1.165) is 19.3 Å². The van der Waals surface area contributed by atoms with Crippen molar-refractivity contribution in [3.05, 3.63) is 0 Å². The molecule has 0 saturated carbocycles. The molecule has 1 atom stereocenters. The van der Waals surface area contributed by atoms with Crippen LogP contribution in [0, 0.1) is 17.3 Å². The van der Waals surface area contributed by atoms with E-state index in [1.54, 1.807) is 7.11 Å². The summed E-state index contributed by atoms with van der Waals surface area (Å²) in [6, 6.07) is 0. The van der Waals surface area contributed by atoms with Crippen LogP contribution < -0.4 is 0 Å². The molecule has 0 rings (SSSR count). The molecule has 0 aliphatic heterocycles. The van der Waals surface area contributed by atoms with Crippen molar-refractivity contribution in [2.45, 2.75) is 53.9 Å². The lowest BCUT2D eigenvalue weighted by Crippen LogP contribution is -2.43. The van der Waals surface area contributed by atoms with Crippen LogP contribution in [0.15, 0.2) is 0 Å². The largest absolute Gasteiger partial charge is 0.465 e. The minimum atomic E-state index is -0.503. The minimum Gasteiger partial charge on any atom is -0.465 e. The lowest BCUT2D eigenvalue weighted by molar-refractivity contribution is -0.165. The molecule has 0 fully saturated rings. The molecule has 108 valence electrons. The number of ether oxygens (including phenoxy) is 2. The third kappa shape index (κ3) is 4.97. The molecule has 0 aromatic rings. The Morgan fingerprint density at radius 2 is 1.83 bits per heavy atom. The van der Waals surface area contributed by atoms with E-state index in [1.807, 2.05) is 0 Å². The first-order valence-corrected chi connectivity index (χ1v) is 7.06. The maximum absolute atomic E-state index is 12.4. The third-order valence-electron chi connectivity index (χ3n) is 3.42. The highest BCUT2D eigenvalue weighted by Crippen LogP contribution is 2.36. The van der Waals surface area contributed by atoms with Gasteiger partial charge in [-0.3, -0.25) is 4.79 Å². The number of carbonyl (C=O) groups excluding carboxylic acids is 1. The molecule has 0 heterocycles. The summed E-state index contributed by atoms with van der Waals surface area (Å²) in [4.78, 5) is 12.4. The topological polar surface area (TPSA) is 35.5 Å². The monoisotopic (exact) mass is 258 g/mol. The summed E-state index contributed by atoms with van der Waals surface area (Å²) in [5, 5.41) is 0. The molecular weight excluding hydrogens is 228 g/mol. The molecule has 0 N–H and O–H groups in total. The highest BCUT2D eigenvalue weighted by atomic mass is 16.5. The molecule has 0 amide bonds. The Morgan fingerprint density at radius 1 is 1.22 bits per heavy atom. The van der Waals surface area contributed by atoms with E-state index < -0.39 is 5.41 Å². The van der Waals surface area contributed by atoms with Gasteiger partial charge in [-0.1, -0.05) is 41.0 Å². The van der Waals surface area contributed by atoms with Gasteiger partial charge in [-0.2, -0.15) is 0 Å². The van der Waals surface area contributed by atoms with E-state index in [4.69, 9.17) is 9.47 Å². The van der Waals surface area contributed by atoms with Crippen molar-refractivity contribution in [2.75, 3.05) is 20.3 Å². The van der Waals surface area contributed by atoms with Crippen LogP contribution in [0.3, 0.4) is 0 Å². The zero-order valence-corrected chi connectivity index (χ0v) is 12.9. The molecule has 3 nitrogen and oxygen atoms in total. The molecule has 0 spiro atoms. The van der Waals surface area contributed by atoms with Gasteiger partial charge in [-0.25, -0.2) is 0 Å². The average Bonchev–Trinajstić information content (AvgIpc) is 2.27. The number of hydrogen-bond acceptors (Lipinski definition) is 3. The predicted octanol–water partition coefficient (Wildman–Crippen LogP) is 3.66. The van der Waals surface area contributed by atoms with E-state index in [9.17, 15) is 4.79 Å². The van der Waals surface area contributed by atoms with Crippen molar-refractivity contribution >= 4 is 5.97 Å². The molecule has 0 bridgehead atoms. The van der Waals surface area contributed by atoms with Gasteiger partial charge in [0.25, 0.3) is 0 Å². The fraction of sp³-hybridized carbons (Fsp3) is 0.933. The molecule has 0 aliphatic rings. The normalized spacial score (nSPS) is 14.9. The van der Waals surface area contributed by atoms with Gasteiger partial charge in [0.15, 0.2) is 0 Å². The first-order valence-electron chi connectivity index (χ1n) is 7.06. The summed E-state index contributed by atoms with van der Waals surface area (Å²) >= 11 is 0. The first kappa shape index (κ1) is 17.4. The van der Waals surface area contributed by atoms with Gasteiger partial charge in [-0.05, 0) is 24.7 Å². The maximum atomic E-state index is 12.4. The van der Waals surface area contributed by atoms with Crippen LogP contribution in [-0.4, -0.2) is 26.3 Å². The Hall–Kier alpha value is -0.570. The lowest BCUT2D eigenvalue weighted by atomic mass is 9.72. The van der Waals surface area contributed by atoms with Crippen molar-refractivity contribution in [1.29, 1.82) is 0 Å². The van der Waals surface area contributed by atoms with Gasteiger partial charge in [0.1, 0.15) is 0 Å². The van der Waals surface area contributed by atoms with Crippen LogP contribution in [-0.2, 0) is 14.3 Å². The summed E-state index contributed by atoms with van der Waals surface area (Å²) in [5.41, 5.74) is -0.503. The summed E-state index contributed by atoms with van der Waals surface area (Å²) in [7, 11) is 1.65. The SMILES string of the molecule is CCCCOC(=O)C(COC)(CC(C)C)C(C)C. The Kier molecular flexibility index (Phi) is 8.25. The number of rotatable bonds is 9. The van der Waals surface area contributed by atoms with Crippen molar-refractivity contribution in [2.24, 2.45) is 17.3 Å². The summed E-state index contributed by atoms with van der Waals surface area (Å²) in [5.74, 6) is 0.566. The van der Waals surface area contributed by atoms with Gasteiger partial charge < -0.3 is 9.47 Å². The fourth-order valence-electron chi connectivity index (χ4n) is 2.28. The van der Waals surface area contributed by atoms with Crippen LogP contribution in [0.5, 0.6) is 0 Å². The molecule has 0 aliphatic carbocycles. The number of esters is 1. The molecule has 0 aromatic carbocycles. The molecular formula is C15H30O3. The van der Waals surface area contributed by atoms with E-state index in [-0.39, 0.29) is 11.9 Å². The van der Waals surface area contributed by atoms with Crippen molar-refractivity contribution < 1.29 is 14.3 Å². The zero-order valence-electron chi connectivity index (χ0n) is 12.9. The molecule has 1 unspecified atom stereocenters. The second-order valence-electron chi connectivity index (χ2n) is 5.83. The van der Waals surface area contributed by atoms with E-state index in [1.165, 1.54) is 0 Å². The predicted molar refractivity (Wildman–Crippen MR) is 74.5 cm³/mol. The molecule has 0 radical (unpaired) electrons. The molecule has 18 heavy (non-hydrogen) atoms. The van der Waals surface area contributed by atoms with Crippen LogP contribution in [0.4, 0.5) is 0 Å². The number of methoxy groups -OCH3 is 1. The van der Waals surface area contributed by atoms with E-state index in [0.29, 0.717) is 19.1 Å². The second-order valence-corrected chi connectivity index (χ2v) is 5.83. The van der Waals surface area contributed by atoms with Crippen molar-refractivity contribution in [3.8, 4) is 0 Å². The van der Waals surface area contributed by atoms with Crippen LogP contribution >= 0.6 is 0 Å². The van der Waals surface area contributed by atoms with Gasteiger partial charge in [0.2, 0.25) is 0 Å². The van der Waals surface area contributed by atoms with E-state index >= 15 is 0 Å². The van der Waals surface area contributed by atoms with Crippen LogP contribution in [0.1, 0.15) is 53.9 Å². The second kappa shape index (κ2) is 8.52. The van der Waals surface area contributed by atoms with Gasteiger partial charge in [0.05, 0.1) is 18.6 Å². The van der Waals surface area contributed by atoms with Gasteiger partial charge >= 0.3 is 5.97 Å². The molecule has 0 aromatic heterocycles. The molecule has 3 heteroatoms. The minimum absolute atomic E-state index is 0.0958. The van der Waals surface area contributed by atoms with Crippen LogP contribution in [0.25, 0.3) is 0 Å². The van der Waals surface area contributed by atoms with Gasteiger partial charge in [0, 0.05) is 7.11 Å². The fourth-order valence-corrected chi connectivity index (χ4v) is 2.28. The number of carbonyl (C=O) groups is 1. The van der Waals surface area contributed by atoms with Crippen molar-refractivity contribution in [1.82, 2.24) is 0 Å². The van der Waals surface area contributed by atoms with E-state index in [2.05, 4.69) is 34.6 Å². The highest BCUT2D eigenvalue weighted by Gasteiger charge is 2.43. The smallest absolute Gasteiger partial charge is 0.314 e. The highest BCUT2D eigenvalue weighted by molar-refractivity contribution is 5.77. The first-order chi connectivity index (χ1) is 8.40. The average molecular weight is 258 g/mol. The lowest BCUT2D eigenvalue weighted by Gasteiger charge is -2.36. The van der Waals surface area contributed by atoms with Crippen LogP contribution in [0.2, 0.25) is 0 Å².